The van der Waals surface area contributed by atoms with Gasteiger partial charge < -0.3 is 5.32 Å². The van der Waals surface area contributed by atoms with Crippen LogP contribution in [0.1, 0.15) is 31.4 Å². The maximum atomic E-state index is 12.6. The predicted octanol–water partition coefficient (Wildman–Crippen LogP) is 3.94. The second kappa shape index (κ2) is 6.50. The normalized spacial score (nSPS) is 18.5. The topological polar surface area (TPSA) is 54.4 Å². The number of fused-ring (bicyclic) bond motifs is 1. The van der Waals surface area contributed by atoms with Crippen LogP contribution in [0.2, 0.25) is 5.02 Å². The molecule has 0 spiro atoms. The first-order chi connectivity index (χ1) is 11.1. The number of benzodiazepines with no additional fused rings is 1. The predicted molar refractivity (Wildman–Crippen MR) is 93.2 cm³/mol. The van der Waals surface area contributed by atoms with Gasteiger partial charge >= 0.3 is 0 Å². The number of benzene rings is 1. The lowest BCUT2D eigenvalue weighted by Gasteiger charge is -2.17. The monoisotopic (exact) mass is 327 g/mol. The summed E-state index contributed by atoms with van der Waals surface area (Å²) in [6, 6.07) is 8.81. The van der Waals surface area contributed by atoms with Crippen LogP contribution in [0, 0.1) is 5.92 Å². The highest BCUT2D eigenvalue weighted by Crippen LogP contribution is 2.29. The van der Waals surface area contributed by atoms with Gasteiger partial charge in [0.05, 0.1) is 11.4 Å². The second-order valence-electron chi connectivity index (χ2n) is 5.72. The molecule has 4 nitrogen and oxygen atoms in total. The lowest BCUT2D eigenvalue weighted by atomic mass is 9.98. The van der Waals surface area contributed by atoms with Crippen molar-refractivity contribution in [2.75, 3.05) is 5.32 Å². The van der Waals surface area contributed by atoms with Crippen molar-refractivity contribution in [1.82, 2.24) is 4.98 Å². The maximum absolute atomic E-state index is 12.6. The van der Waals surface area contributed by atoms with E-state index >= 15 is 0 Å². The summed E-state index contributed by atoms with van der Waals surface area (Å²) >= 11 is 6.17. The van der Waals surface area contributed by atoms with Crippen LogP contribution in [0.3, 0.4) is 0 Å². The summed E-state index contributed by atoms with van der Waals surface area (Å²) in [5, 5.41) is 3.60. The first-order valence-corrected chi connectivity index (χ1v) is 8.07. The molecular weight excluding hydrogens is 310 g/mol. The molecule has 0 radical (unpaired) electrons. The molecule has 5 heteroatoms. The largest absolute Gasteiger partial charge is 0.324 e. The maximum Gasteiger partial charge on any atom is 0.249 e. The van der Waals surface area contributed by atoms with E-state index < -0.39 is 6.04 Å². The smallest absolute Gasteiger partial charge is 0.249 e. The van der Waals surface area contributed by atoms with Crippen molar-refractivity contribution in [3.8, 4) is 0 Å². The van der Waals surface area contributed by atoms with Gasteiger partial charge in [0.25, 0.3) is 0 Å². The average Bonchev–Trinajstić information content (AvgIpc) is 2.71. The Balaban J connectivity index is 2.21. The summed E-state index contributed by atoms with van der Waals surface area (Å²) in [5.74, 6) is 0.0728. The van der Waals surface area contributed by atoms with E-state index in [1.165, 1.54) is 0 Å². The van der Waals surface area contributed by atoms with Crippen LogP contribution in [-0.2, 0) is 4.79 Å². The van der Waals surface area contributed by atoms with Gasteiger partial charge in [-0.2, -0.15) is 0 Å². The summed E-state index contributed by atoms with van der Waals surface area (Å²) in [4.78, 5) is 21.4. The van der Waals surface area contributed by atoms with Crippen LogP contribution < -0.4 is 5.32 Å². The zero-order chi connectivity index (χ0) is 16.4. The van der Waals surface area contributed by atoms with Crippen molar-refractivity contribution in [1.29, 1.82) is 0 Å². The standard InChI is InChI=1S/C18H18ClN3O/c1-3-11(2)16-18(23)21-15-5-4-13(19)10-14(15)17(22-16)12-6-8-20-9-7-12/h4-11,16H,3H2,1-2H3,(H,21,23)/t11-,16-/m0/s1. The van der Waals surface area contributed by atoms with Gasteiger partial charge in [-0.15, -0.1) is 0 Å². The molecule has 0 saturated carbocycles. The zero-order valence-corrected chi connectivity index (χ0v) is 13.8. The molecule has 1 amide bonds. The van der Waals surface area contributed by atoms with Crippen LogP contribution in [0.5, 0.6) is 0 Å². The molecule has 0 bridgehead atoms. The summed E-state index contributed by atoms with van der Waals surface area (Å²) in [6.07, 6.45) is 4.32. The van der Waals surface area contributed by atoms with Gasteiger partial charge in [0.15, 0.2) is 0 Å². The number of nitrogens with zero attached hydrogens (tertiary/aromatic N) is 2. The second-order valence-corrected chi connectivity index (χ2v) is 6.16. The van der Waals surface area contributed by atoms with Gasteiger partial charge in [-0.3, -0.25) is 14.8 Å². The molecule has 23 heavy (non-hydrogen) atoms. The van der Waals surface area contributed by atoms with Crippen molar-refractivity contribution in [2.24, 2.45) is 10.9 Å². The van der Waals surface area contributed by atoms with Gasteiger partial charge in [-0.1, -0.05) is 31.9 Å². The van der Waals surface area contributed by atoms with Gasteiger partial charge in [0.2, 0.25) is 5.91 Å². The number of rotatable bonds is 3. The quantitative estimate of drug-likeness (QED) is 0.928. The Labute approximate surface area is 140 Å². The van der Waals surface area contributed by atoms with E-state index in [1.807, 2.05) is 31.2 Å². The minimum Gasteiger partial charge on any atom is -0.324 e. The molecule has 3 rings (SSSR count). The number of hydrogen-bond acceptors (Lipinski definition) is 3. The molecular formula is C18H18ClN3O. The van der Waals surface area contributed by atoms with E-state index in [2.05, 4.69) is 17.2 Å². The Morgan fingerprint density at radius 1 is 1.26 bits per heavy atom. The Hall–Kier alpha value is -2.20. The third-order valence-corrected chi connectivity index (χ3v) is 4.40. The van der Waals surface area contributed by atoms with E-state index in [1.54, 1.807) is 18.5 Å². The summed E-state index contributed by atoms with van der Waals surface area (Å²) in [5.41, 5.74) is 3.27. The minimum absolute atomic E-state index is 0.0769. The van der Waals surface area contributed by atoms with Gasteiger partial charge in [-0.05, 0) is 36.2 Å². The summed E-state index contributed by atoms with van der Waals surface area (Å²) in [7, 11) is 0. The Kier molecular flexibility index (Phi) is 4.44. The SMILES string of the molecule is CC[C@H](C)[C@@H]1N=C(c2ccncc2)c2cc(Cl)ccc2NC1=O. The Morgan fingerprint density at radius 3 is 2.70 bits per heavy atom. The van der Waals surface area contributed by atoms with Gasteiger partial charge in [0.1, 0.15) is 6.04 Å². The molecule has 2 atom stereocenters. The van der Waals surface area contributed by atoms with Crippen LogP contribution in [0.25, 0.3) is 0 Å². The number of aliphatic imine (C=N–C) groups is 1. The van der Waals surface area contributed by atoms with Crippen molar-refractivity contribution in [2.45, 2.75) is 26.3 Å². The molecule has 1 aromatic carbocycles. The number of aromatic nitrogens is 1. The first kappa shape index (κ1) is 15.7. The van der Waals surface area contributed by atoms with Crippen molar-refractivity contribution in [3.05, 3.63) is 58.9 Å². The number of carbonyl (C=O) groups excluding carboxylic acids is 1. The molecule has 0 fully saturated rings. The van der Waals surface area contributed by atoms with Gasteiger partial charge in [0, 0.05) is 28.5 Å². The average molecular weight is 328 g/mol. The molecule has 1 aromatic heterocycles. The summed E-state index contributed by atoms with van der Waals surface area (Å²) < 4.78 is 0. The van der Waals surface area contributed by atoms with E-state index in [0.29, 0.717) is 5.02 Å². The number of hydrogen-bond donors (Lipinski definition) is 1. The van der Waals surface area contributed by atoms with Crippen molar-refractivity contribution >= 4 is 28.9 Å². The van der Waals surface area contributed by atoms with Crippen LogP contribution >= 0.6 is 11.6 Å². The Bertz CT molecular complexity index is 758. The molecule has 2 heterocycles. The highest BCUT2D eigenvalue weighted by atomic mass is 35.5. The lowest BCUT2D eigenvalue weighted by molar-refractivity contribution is -0.118. The van der Waals surface area contributed by atoms with Crippen molar-refractivity contribution in [3.63, 3.8) is 0 Å². The molecule has 1 aliphatic heterocycles. The summed E-state index contributed by atoms with van der Waals surface area (Å²) in [6.45, 7) is 4.11. The highest BCUT2D eigenvalue weighted by Gasteiger charge is 2.29. The fourth-order valence-corrected chi connectivity index (χ4v) is 2.82. The molecule has 1 aliphatic rings. The van der Waals surface area contributed by atoms with Crippen LogP contribution in [0.15, 0.2) is 47.7 Å². The number of amides is 1. The molecule has 1 N–H and O–H groups in total. The number of pyridine rings is 1. The van der Waals surface area contributed by atoms with E-state index in [0.717, 1.165) is 28.9 Å². The molecule has 118 valence electrons. The highest BCUT2D eigenvalue weighted by molar-refractivity contribution is 6.32. The third-order valence-electron chi connectivity index (χ3n) is 4.17. The van der Waals surface area contributed by atoms with Gasteiger partial charge in [-0.25, -0.2) is 0 Å². The molecule has 0 aliphatic carbocycles. The molecule has 0 unspecified atom stereocenters. The van der Waals surface area contributed by atoms with E-state index in [9.17, 15) is 4.79 Å². The molecule has 0 saturated heterocycles. The third kappa shape index (κ3) is 3.13. The van der Waals surface area contributed by atoms with E-state index in [-0.39, 0.29) is 11.8 Å². The number of nitrogens with one attached hydrogen (secondary N) is 1. The molecule has 2 aromatic rings. The van der Waals surface area contributed by atoms with Crippen LogP contribution in [-0.4, -0.2) is 22.6 Å². The van der Waals surface area contributed by atoms with Crippen LogP contribution in [0.4, 0.5) is 5.69 Å². The first-order valence-electron chi connectivity index (χ1n) is 7.69. The Morgan fingerprint density at radius 2 is 2.00 bits per heavy atom. The zero-order valence-electron chi connectivity index (χ0n) is 13.1. The lowest BCUT2D eigenvalue weighted by Crippen LogP contribution is -2.31. The van der Waals surface area contributed by atoms with E-state index in [4.69, 9.17) is 16.6 Å². The number of carbonyl (C=O) groups is 1. The fourth-order valence-electron chi connectivity index (χ4n) is 2.64. The number of anilines is 1. The fraction of sp³-hybridized carbons (Fsp3) is 0.278. The number of halogens is 1. The minimum atomic E-state index is -0.422. The van der Waals surface area contributed by atoms with Crippen molar-refractivity contribution < 1.29 is 4.79 Å².